The lowest BCUT2D eigenvalue weighted by molar-refractivity contribution is -0.142. The van der Waals surface area contributed by atoms with Gasteiger partial charge in [-0.1, -0.05) is 30.3 Å². The molecule has 1 saturated heterocycles. The molecule has 1 aromatic carbocycles. The fourth-order valence-corrected chi connectivity index (χ4v) is 4.87. The van der Waals surface area contributed by atoms with Gasteiger partial charge in [-0.05, 0) is 31.2 Å². The number of carbonyl (C=O) groups is 1. The number of hydrogen-bond donors (Lipinski definition) is 2. The van der Waals surface area contributed by atoms with Crippen LogP contribution in [0.1, 0.15) is 36.8 Å². The molecule has 5 rings (SSSR count). The van der Waals surface area contributed by atoms with E-state index in [0.29, 0.717) is 57.1 Å². The summed E-state index contributed by atoms with van der Waals surface area (Å²) < 4.78 is 61.5. The Bertz CT molecular complexity index is 1360. The van der Waals surface area contributed by atoms with Crippen LogP contribution in [-0.2, 0) is 22.2 Å². The minimum Gasteiger partial charge on any atom is -0.474 e. The van der Waals surface area contributed by atoms with Crippen molar-refractivity contribution in [3.63, 3.8) is 0 Å². The van der Waals surface area contributed by atoms with Gasteiger partial charge in [0.15, 0.2) is 5.82 Å². The third-order valence-corrected chi connectivity index (χ3v) is 7.24. The van der Waals surface area contributed by atoms with Crippen molar-refractivity contribution in [1.82, 2.24) is 25.3 Å². The third-order valence-electron chi connectivity index (χ3n) is 7.24. The fourth-order valence-electron chi connectivity index (χ4n) is 4.87. The van der Waals surface area contributed by atoms with E-state index in [0.717, 1.165) is 11.8 Å². The van der Waals surface area contributed by atoms with E-state index in [2.05, 4.69) is 30.6 Å². The quantitative estimate of drug-likeness (QED) is 0.285. The molecule has 0 spiro atoms. The molecule has 3 aromatic rings. The van der Waals surface area contributed by atoms with Crippen LogP contribution in [0.25, 0.3) is 0 Å². The smallest absolute Gasteiger partial charge is 0.423 e. The van der Waals surface area contributed by atoms with Crippen LogP contribution in [0.4, 0.5) is 29.7 Å². The number of nitrogens with one attached hydrogen (secondary N) is 2. The number of rotatable bonds is 12. The van der Waals surface area contributed by atoms with Gasteiger partial charge in [-0.2, -0.15) is 18.2 Å². The normalized spacial score (nSPS) is 18.6. The minimum absolute atomic E-state index is 0.0454. The number of methoxy groups -OCH3 is 1. The molecule has 0 unspecified atom stereocenters. The van der Waals surface area contributed by atoms with Crippen LogP contribution in [0, 0.1) is 0 Å². The van der Waals surface area contributed by atoms with Gasteiger partial charge in [-0.3, -0.25) is 4.90 Å². The zero-order valence-electron chi connectivity index (χ0n) is 24.1. The van der Waals surface area contributed by atoms with Gasteiger partial charge in [0.2, 0.25) is 17.7 Å². The maximum atomic E-state index is 13.5. The first-order chi connectivity index (χ1) is 21.3. The Morgan fingerprint density at radius 3 is 2.43 bits per heavy atom. The van der Waals surface area contributed by atoms with E-state index < -0.39 is 23.7 Å². The lowest BCUT2D eigenvalue weighted by Gasteiger charge is -2.36. The average molecular weight is 618 g/mol. The SMILES string of the molecule is COCCOc1cnc(N(C(=O)NCc2ccccc2)C2CCC(Nc3ncc(C(F)(F)F)c(OC4COC4)n3)CC2)cn1. The Kier molecular flexibility index (Phi) is 10.3. The van der Waals surface area contributed by atoms with E-state index in [1.54, 1.807) is 12.0 Å². The number of benzene rings is 1. The van der Waals surface area contributed by atoms with Gasteiger partial charge < -0.3 is 29.6 Å². The predicted octanol–water partition coefficient (Wildman–Crippen LogP) is 4.23. The van der Waals surface area contributed by atoms with Crippen molar-refractivity contribution in [3.8, 4) is 11.8 Å². The van der Waals surface area contributed by atoms with Crippen molar-refractivity contribution < 1.29 is 36.9 Å². The lowest BCUT2D eigenvalue weighted by atomic mass is 9.90. The van der Waals surface area contributed by atoms with Gasteiger partial charge >= 0.3 is 12.2 Å². The van der Waals surface area contributed by atoms with E-state index in [-0.39, 0.29) is 37.3 Å². The van der Waals surface area contributed by atoms with Gasteiger partial charge in [-0.15, -0.1) is 0 Å². The van der Waals surface area contributed by atoms with E-state index in [1.807, 2.05) is 30.3 Å². The van der Waals surface area contributed by atoms with Gasteiger partial charge in [0.05, 0.1) is 32.2 Å². The van der Waals surface area contributed by atoms with Crippen LogP contribution in [0.3, 0.4) is 0 Å². The molecular formula is C29H34F3N7O5. The number of hydrogen-bond acceptors (Lipinski definition) is 10. The summed E-state index contributed by atoms with van der Waals surface area (Å²) in [6, 6.07) is 8.91. The van der Waals surface area contributed by atoms with Crippen molar-refractivity contribution in [1.29, 1.82) is 0 Å². The first-order valence-electron chi connectivity index (χ1n) is 14.3. The number of ether oxygens (including phenoxy) is 4. The second-order valence-corrected chi connectivity index (χ2v) is 10.4. The zero-order valence-corrected chi connectivity index (χ0v) is 24.1. The van der Waals surface area contributed by atoms with Gasteiger partial charge in [0.1, 0.15) is 18.3 Å². The maximum Gasteiger partial charge on any atom is 0.423 e. The largest absolute Gasteiger partial charge is 0.474 e. The van der Waals surface area contributed by atoms with E-state index in [1.165, 1.54) is 12.4 Å². The van der Waals surface area contributed by atoms with Crippen LogP contribution in [0.2, 0.25) is 0 Å². The van der Waals surface area contributed by atoms with Crippen molar-refractivity contribution in [2.45, 2.75) is 56.6 Å². The monoisotopic (exact) mass is 617 g/mol. The van der Waals surface area contributed by atoms with Gasteiger partial charge in [0.25, 0.3) is 0 Å². The topological polar surface area (TPSA) is 133 Å². The second kappa shape index (κ2) is 14.5. The summed E-state index contributed by atoms with van der Waals surface area (Å²) in [7, 11) is 1.57. The summed E-state index contributed by atoms with van der Waals surface area (Å²) in [5.74, 6) is 0.211. The zero-order chi connectivity index (χ0) is 30.9. The summed E-state index contributed by atoms with van der Waals surface area (Å²) in [6.07, 6.45) is 0.954. The number of alkyl halides is 3. The molecule has 15 heteroatoms. The molecule has 12 nitrogen and oxygen atoms in total. The minimum atomic E-state index is -4.65. The van der Waals surface area contributed by atoms with Crippen molar-refractivity contribution in [3.05, 3.63) is 60.0 Å². The van der Waals surface area contributed by atoms with E-state index in [9.17, 15) is 18.0 Å². The predicted molar refractivity (Wildman–Crippen MR) is 152 cm³/mol. The van der Waals surface area contributed by atoms with Crippen molar-refractivity contribution in [2.24, 2.45) is 0 Å². The van der Waals surface area contributed by atoms with E-state index in [4.69, 9.17) is 18.9 Å². The summed E-state index contributed by atoms with van der Waals surface area (Å²) >= 11 is 0. The molecule has 1 aliphatic heterocycles. The number of aromatic nitrogens is 4. The van der Waals surface area contributed by atoms with Crippen LogP contribution in [-0.4, -0.2) is 77.7 Å². The average Bonchev–Trinajstić information content (AvgIpc) is 3.00. The van der Waals surface area contributed by atoms with Crippen molar-refractivity contribution >= 4 is 17.8 Å². The molecule has 0 radical (unpaired) electrons. The summed E-state index contributed by atoms with van der Waals surface area (Å²) in [4.78, 5) is 31.8. The van der Waals surface area contributed by atoms with E-state index >= 15 is 0 Å². The summed E-state index contributed by atoms with van der Waals surface area (Å²) in [5, 5.41) is 6.11. The Hall–Kier alpha value is -4.24. The van der Waals surface area contributed by atoms with Crippen molar-refractivity contribution in [2.75, 3.05) is 43.8 Å². The van der Waals surface area contributed by atoms with Crippen LogP contribution in [0.5, 0.6) is 11.8 Å². The first kappa shape index (κ1) is 31.2. The maximum absolute atomic E-state index is 13.5. The highest BCUT2D eigenvalue weighted by Gasteiger charge is 2.38. The molecule has 2 fully saturated rings. The molecule has 2 amide bonds. The lowest BCUT2D eigenvalue weighted by Crippen LogP contribution is -2.49. The molecule has 2 aliphatic rings. The highest BCUT2D eigenvalue weighted by Crippen LogP contribution is 2.36. The second-order valence-electron chi connectivity index (χ2n) is 10.4. The Morgan fingerprint density at radius 2 is 1.80 bits per heavy atom. The van der Waals surface area contributed by atoms with Gasteiger partial charge in [-0.25, -0.2) is 19.7 Å². The highest BCUT2D eigenvalue weighted by atomic mass is 19.4. The van der Waals surface area contributed by atoms with Crippen LogP contribution >= 0.6 is 0 Å². The standard InChI is InChI=1S/C29H34F3N7O5/c1-41-11-12-43-25-16-33-24(15-34-25)39(28(40)36-13-19-5-3-2-4-6-19)21-9-7-20(8-10-21)37-27-35-14-23(29(30,31)32)26(38-27)44-22-17-42-18-22/h2-6,14-16,20-22H,7-13,17-18H2,1H3,(H,36,40)(H,35,37,38). The molecular weight excluding hydrogens is 583 g/mol. The number of carbonyl (C=O) groups excluding carboxylic acids is 1. The number of amides is 2. The molecule has 1 saturated carbocycles. The number of urea groups is 1. The first-order valence-corrected chi connectivity index (χ1v) is 14.3. The summed E-state index contributed by atoms with van der Waals surface area (Å²) in [5.41, 5.74) is -0.0848. The molecule has 236 valence electrons. The Labute approximate surface area is 252 Å². The summed E-state index contributed by atoms with van der Waals surface area (Å²) in [6.45, 7) is 1.46. The number of halogens is 3. The molecule has 1 aliphatic carbocycles. The molecule has 0 bridgehead atoms. The molecule has 0 atom stereocenters. The number of nitrogens with zero attached hydrogens (tertiary/aromatic N) is 5. The molecule has 2 N–H and O–H groups in total. The van der Waals surface area contributed by atoms with Gasteiger partial charge in [0, 0.05) is 31.9 Å². The number of anilines is 2. The Morgan fingerprint density at radius 1 is 1.02 bits per heavy atom. The molecule has 44 heavy (non-hydrogen) atoms. The van der Waals surface area contributed by atoms with Crippen LogP contribution in [0.15, 0.2) is 48.9 Å². The highest BCUT2D eigenvalue weighted by molar-refractivity contribution is 5.91. The third kappa shape index (κ3) is 8.23. The molecule has 2 aromatic heterocycles. The fraction of sp³-hybridized carbons (Fsp3) is 0.483. The van der Waals surface area contributed by atoms with Crippen LogP contribution < -0.4 is 25.0 Å². The molecule has 3 heterocycles. The Balaban J connectivity index is 1.25.